The maximum atomic E-state index is 12.7. The van der Waals surface area contributed by atoms with Crippen molar-refractivity contribution in [3.8, 4) is 5.75 Å². The van der Waals surface area contributed by atoms with Gasteiger partial charge in [-0.2, -0.15) is 0 Å². The topological polar surface area (TPSA) is 128 Å². The van der Waals surface area contributed by atoms with Crippen molar-refractivity contribution in [1.29, 1.82) is 0 Å². The zero-order valence-corrected chi connectivity index (χ0v) is 16.0. The third-order valence-corrected chi connectivity index (χ3v) is 4.92. The van der Waals surface area contributed by atoms with Gasteiger partial charge in [0.25, 0.3) is 15.9 Å². The molecule has 0 aliphatic rings. The Morgan fingerprint density at radius 1 is 1.11 bits per heavy atom. The van der Waals surface area contributed by atoms with Gasteiger partial charge in [0.05, 0.1) is 17.6 Å². The Bertz CT molecular complexity index is 971. The molecule has 0 heterocycles. The standard InChI is InChI=1S/C18H21N3O5S/c1-11(2)20-18(23)15-10-14(7-8-16(15)26-3)27(24,25)21-13-6-4-5-12(9-13)17(19)22/h4-11,21H,1-3H3,(H2,19,22)(H,20,23). The number of carbonyl (C=O) groups is 2. The monoisotopic (exact) mass is 391 g/mol. The van der Waals surface area contributed by atoms with Crippen LogP contribution in [0.5, 0.6) is 5.75 Å². The highest BCUT2D eigenvalue weighted by Crippen LogP contribution is 2.24. The molecule has 0 aromatic heterocycles. The normalized spacial score (nSPS) is 11.1. The van der Waals surface area contributed by atoms with Crippen LogP contribution in [-0.2, 0) is 10.0 Å². The zero-order valence-electron chi connectivity index (χ0n) is 15.1. The van der Waals surface area contributed by atoms with Crippen LogP contribution in [0.25, 0.3) is 0 Å². The van der Waals surface area contributed by atoms with Crippen LogP contribution in [0.4, 0.5) is 5.69 Å². The smallest absolute Gasteiger partial charge is 0.261 e. The first-order chi connectivity index (χ1) is 12.6. The quantitative estimate of drug-likeness (QED) is 0.662. The highest BCUT2D eigenvalue weighted by atomic mass is 32.2. The van der Waals surface area contributed by atoms with E-state index in [1.54, 1.807) is 13.8 Å². The predicted molar refractivity (Wildman–Crippen MR) is 101 cm³/mol. The SMILES string of the molecule is COc1ccc(S(=O)(=O)Nc2cccc(C(N)=O)c2)cc1C(=O)NC(C)C. The number of amides is 2. The summed E-state index contributed by atoms with van der Waals surface area (Å²) in [6.45, 7) is 3.58. The third-order valence-electron chi connectivity index (χ3n) is 3.54. The Labute approximate surface area is 157 Å². The van der Waals surface area contributed by atoms with Crippen LogP contribution in [-0.4, -0.2) is 33.4 Å². The summed E-state index contributed by atoms with van der Waals surface area (Å²) in [6, 6.07) is 9.63. The number of hydrogen-bond acceptors (Lipinski definition) is 5. The lowest BCUT2D eigenvalue weighted by atomic mass is 10.2. The van der Waals surface area contributed by atoms with E-state index in [0.717, 1.165) is 0 Å². The molecule has 2 aromatic rings. The van der Waals surface area contributed by atoms with E-state index in [0.29, 0.717) is 0 Å². The van der Waals surface area contributed by atoms with E-state index in [-0.39, 0.29) is 33.5 Å². The van der Waals surface area contributed by atoms with E-state index in [4.69, 9.17) is 10.5 Å². The number of rotatable bonds is 7. The number of primary amides is 1. The summed E-state index contributed by atoms with van der Waals surface area (Å²) in [5.74, 6) is -0.870. The number of nitrogens with two attached hydrogens (primary N) is 1. The second-order valence-electron chi connectivity index (χ2n) is 6.04. The van der Waals surface area contributed by atoms with Crippen LogP contribution in [0, 0.1) is 0 Å². The Kier molecular flexibility index (Phi) is 6.06. The molecule has 27 heavy (non-hydrogen) atoms. The first-order valence-electron chi connectivity index (χ1n) is 8.05. The average molecular weight is 391 g/mol. The minimum atomic E-state index is -4.00. The van der Waals surface area contributed by atoms with Crippen LogP contribution in [0.3, 0.4) is 0 Å². The number of nitrogens with one attached hydrogen (secondary N) is 2. The molecule has 0 atom stereocenters. The fourth-order valence-electron chi connectivity index (χ4n) is 2.32. The van der Waals surface area contributed by atoms with Crippen molar-refractivity contribution in [2.24, 2.45) is 5.73 Å². The highest BCUT2D eigenvalue weighted by Gasteiger charge is 2.20. The summed E-state index contributed by atoms with van der Waals surface area (Å²) in [6.07, 6.45) is 0. The molecule has 2 rings (SSSR count). The van der Waals surface area contributed by atoms with Crippen molar-refractivity contribution in [1.82, 2.24) is 5.32 Å². The molecule has 8 nitrogen and oxygen atoms in total. The summed E-state index contributed by atoms with van der Waals surface area (Å²) in [4.78, 5) is 23.5. The van der Waals surface area contributed by atoms with Gasteiger partial charge in [-0.1, -0.05) is 6.07 Å². The van der Waals surface area contributed by atoms with Crippen molar-refractivity contribution < 1.29 is 22.7 Å². The largest absolute Gasteiger partial charge is 0.496 e. The third kappa shape index (κ3) is 4.98. The highest BCUT2D eigenvalue weighted by molar-refractivity contribution is 7.92. The van der Waals surface area contributed by atoms with E-state index in [9.17, 15) is 18.0 Å². The van der Waals surface area contributed by atoms with Crippen LogP contribution >= 0.6 is 0 Å². The van der Waals surface area contributed by atoms with Crippen LogP contribution in [0.2, 0.25) is 0 Å². The molecule has 4 N–H and O–H groups in total. The van der Waals surface area contributed by atoms with Gasteiger partial charge in [-0.05, 0) is 50.2 Å². The fraction of sp³-hybridized carbons (Fsp3) is 0.222. The number of methoxy groups -OCH3 is 1. The van der Waals surface area contributed by atoms with E-state index >= 15 is 0 Å². The number of ether oxygens (including phenoxy) is 1. The zero-order chi connectivity index (χ0) is 20.2. The minimum Gasteiger partial charge on any atom is -0.496 e. The summed E-state index contributed by atoms with van der Waals surface area (Å²) in [5, 5.41) is 2.70. The summed E-state index contributed by atoms with van der Waals surface area (Å²) in [5.41, 5.74) is 5.65. The lowest BCUT2D eigenvalue weighted by Gasteiger charge is -2.14. The number of anilines is 1. The van der Waals surface area contributed by atoms with Crippen LogP contribution in [0.1, 0.15) is 34.6 Å². The first kappa shape index (κ1) is 20.2. The molecule has 0 saturated heterocycles. The average Bonchev–Trinajstić information content (AvgIpc) is 2.60. The number of sulfonamides is 1. The van der Waals surface area contributed by atoms with Gasteiger partial charge < -0.3 is 15.8 Å². The van der Waals surface area contributed by atoms with E-state index < -0.39 is 21.8 Å². The molecule has 9 heteroatoms. The van der Waals surface area contributed by atoms with Crippen molar-refractivity contribution in [3.05, 3.63) is 53.6 Å². The molecule has 2 amide bonds. The minimum absolute atomic E-state index is 0.0972. The number of carbonyl (C=O) groups excluding carboxylic acids is 2. The van der Waals surface area contributed by atoms with Crippen molar-refractivity contribution in [3.63, 3.8) is 0 Å². The van der Waals surface area contributed by atoms with Gasteiger partial charge in [0.15, 0.2) is 0 Å². The van der Waals surface area contributed by atoms with Gasteiger partial charge in [-0.3, -0.25) is 14.3 Å². The maximum Gasteiger partial charge on any atom is 0.261 e. The van der Waals surface area contributed by atoms with Gasteiger partial charge >= 0.3 is 0 Å². The van der Waals surface area contributed by atoms with Crippen molar-refractivity contribution >= 4 is 27.5 Å². The fourth-order valence-corrected chi connectivity index (χ4v) is 3.40. The molecular weight excluding hydrogens is 370 g/mol. The van der Waals surface area contributed by atoms with Gasteiger partial charge in [0, 0.05) is 17.3 Å². The van der Waals surface area contributed by atoms with Crippen molar-refractivity contribution in [2.45, 2.75) is 24.8 Å². The Morgan fingerprint density at radius 2 is 1.81 bits per heavy atom. The van der Waals surface area contributed by atoms with Crippen LogP contribution in [0.15, 0.2) is 47.4 Å². The molecule has 0 bridgehead atoms. The molecule has 2 aromatic carbocycles. The number of benzene rings is 2. The van der Waals surface area contributed by atoms with Gasteiger partial charge in [-0.15, -0.1) is 0 Å². The molecule has 0 spiro atoms. The second kappa shape index (κ2) is 8.09. The van der Waals surface area contributed by atoms with E-state index in [1.807, 2.05) is 0 Å². The van der Waals surface area contributed by atoms with E-state index in [1.165, 1.54) is 49.6 Å². The Hall–Kier alpha value is -3.07. The number of hydrogen-bond donors (Lipinski definition) is 3. The Balaban J connectivity index is 2.39. The molecule has 0 fully saturated rings. The molecule has 0 radical (unpaired) electrons. The van der Waals surface area contributed by atoms with Gasteiger partial charge in [-0.25, -0.2) is 8.42 Å². The molecule has 0 aliphatic carbocycles. The molecular formula is C18H21N3O5S. The second-order valence-corrected chi connectivity index (χ2v) is 7.72. The summed E-state index contributed by atoms with van der Waals surface area (Å²) < 4.78 is 32.9. The molecule has 144 valence electrons. The van der Waals surface area contributed by atoms with Gasteiger partial charge in [0.2, 0.25) is 5.91 Å². The predicted octanol–water partition coefficient (Wildman–Crippen LogP) is 1.73. The maximum absolute atomic E-state index is 12.7. The van der Waals surface area contributed by atoms with E-state index in [2.05, 4.69) is 10.0 Å². The molecule has 0 saturated carbocycles. The molecule has 0 aliphatic heterocycles. The Morgan fingerprint density at radius 3 is 2.41 bits per heavy atom. The van der Waals surface area contributed by atoms with Crippen molar-refractivity contribution in [2.75, 3.05) is 11.8 Å². The lowest BCUT2D eigenvalue weighted by molar-refractivity contribution is 0.0938. The summed E-state index contributed by atoms with van der Waals surface area (Å²) in [7, 11) is -2.61. The lowest BCUT2D eigenvalue weighted by Crippen LogP contribution is -2.30. The van der Waals surface area contributed by atoms with Crippen LogP contribution < -0.4 is 20.5 Å². The summed E-state index contributed by atoms with van der Waals surface area (Å²) >= 11 is 0. The van der Waals surface area contributed by atoms with Gasteiger partial charge in [0.1, 0.15) is 5.75 Å². The molecule has 0 unspecified atom stereocenters. The first-order valence-corrected chi connectivity index (χ1v) is 9.54.